The molecule has 1 atom stereocenters. The van der Waals surface area contributed by atoms with Gasteiger partial charge in [-0.2, -0.15) is 0 Å². The highest BCUT2D eigenvalue weighted by Crippen LogP contribution is 2.15. The van der Waals surface area contributed by atoms with E-state index in [1.54, 1.807) is 31.2 Å². The Morgan fingerprint density at radius 2 is 1.72 bits per heavy atom. The van der Waals surface area contributed by atoms with E-state index in [2.05, 4.69) is 5.73 Å². The van der Waals surface area contributed by atoms with Gasteiger partial charge in [0.25, 0.3) is 0 Å². The van der Waals surface area contributed by atoms with Crippen molar-refractivity contribution in [3.8, 4) is 0 Å². The van der Waals surface area contributed by atoms with Crippen molar-refractivity contribution in [2.45, 2.75) is 24.8 Å². The molecule has 1 rings (SSSR count). The first-order valence-corrected chi connectivity index (χ1v) is 6.92. The number of hydrogen-bond donors (Lipinski definition) is 3. The average Bonchev–Trinajstić information content (AvgIpc) is 2.28. The lowest BCUT2D eigenvalue weighted by atomic mass is 10.1. The van der Waals surface area contributed by atoms with E-state index in [4.69, 9.17) is 15.6 Å². The Morgan fingerprint density at radius 1 is 1.33 bits per heavy atom. The second-order valence-electron chi connectivity index (χ2n) is 3.60. The highest BCUT2D eigenvalue weighted by atomic mass is 32.2. The second-order valence-corrected chi connectivity index (χ2v) is 5.88. The predicted octanol–water partition coefficient (Wildman–Crippen LogP) is 1.12. The topological polar surface area (TPSA) is 123 Å². The maximum Gasteiger partial charge on any atom is 0.402 e. The van der Waals surface area contributed by atoms with E-state index in [1.165, 1.54) is 0 Å². The summed E-state index contributed by atoms with van der Waals surface area (Å²) in [6, 6.07) is 6.67. The number of primary amides is 1. The highest BCUT2D eigenvalue weighted by molar-refractivity contribution is 7.91. The van der Waals surface area contributed by atoms with E-state index in [-0.39, 0.29) is 11.8 Å². The average molecular weight is 274 g/mol. The summed E-state index contributed by atoms with van der Waals surface area (Å²) in [6.07, 6.45) is -1.33. The summed E-state index contributed by atoms with van der Waals surface area (Å²) in [5.74, 6) is 0.129. The largest absolute Gasteiger partial charge is 0.465 e. The predicted molar refractivity (Wildman–Crippen MR) is 69.0 cm³/mol. The maximum atomic E-state index is 11.5. The van der Waals surface area contributed by atoms with Gasteiger partial charge in [-0.05, 0) is 24.6 Å². The van der Waals surface area contributed by atoms with Crippen molar-refractivity contribution in [2.24, 2.45) is 11.5 Å². The number of hydrogen-bond acceptors (Lipinski definition) is 4. The lowest BCUT2D eigenvalue weighted by molar-refractivity contribution is 0.205. The molecule has 6 nitrogen and oxygen atoms in total. The Bertz CT molecular complexity index is 476. The fraction of sp³-hybridized carbons (Fsp3) is 0.364. The van der Waals surface area contributed by atoms with Crippen LogP contribution in [-0.4, -0.2) is 25.4 Å². The van der Waals surface area contributed by atoms with Crippen LogP contribution < -0.4 is 11.5 Å². The van der Waals surface area contributed by atoms with E-state index in [1.807, 2.05) is 6.92 Å². The van der Waals surface area contributed by atoms with Crippen LogP contribution in [0.5, 0.6) is 0 Å². The molecule has 0 saturated heterocycles. The standard InChI is InChI=1S/C10H15NO2S.CH3NO2/c1-3-14(12,13)10-6-4-9(5-7-10)8(2)11;2-1(3)4/h4-8H,3,11H2,1-2H3;2H2,(H,3,4)/t8-;/m1./s1. The van der Waals surface area contributed by atoms with Gasteiger partial charge < -0.3 is 16.6 Å². The molecule has 0 aliphatic heterocycles. The quantitative estimate of drug-likeness (QED) is 0.762. The Kier molecular flexibility index (Phi) is 6.35. The van der Waals surface area contributed by atoms with Gasteiger partial charge in [0.1, 0.15) is 0 Å². The smallest absolute Gasteiger partial charge is 0.402 e. The lowest BCUT2D eigenvalue weighted by Crippen LogP contribution is -2.07. The summed E-state index contributed by atoms with van der Waals surface area (Å²) < 4.78 is 22.9. The minimum absolute atomic E-state index is 0.0617. The first-order chi connectivity index (χ1) is 8.20. The van der Waals surface area contributed by atoms with Gasteiger partial charge >= 0.3 is 6.09 Å². The fourth-order valence-electron chi connectivity index (χ4n) is 1.15. The normalized spacial score (nSPS) is 12.2. The van der Waals surface area contributed by atoms with Gasteiger partial charge in [-0.25, -0.2) is 13.2 Å². The molecule has 5 N–H and O–H groups in total. The Balaban J connectivity index is 0.000000631. The van der Waals surface area contributed by atoms with Crippen LogP contribution in [-0.2, 0) is 9.84 Å². The zero-order chi connectivity index (χ0) is 14.3. The molecule has 1 aromatic carbocycles. The number of rotatable bonds is 3. The van der Waals surface area contributed by atoms with Crippen molar-refractivity contribution in [1.82, 2.24) is 0 Å². The fourth-order valence-corrected chi connectivity index (χ4v) is 2.03. The molecule has 0 unspecified atom stereocenters. The van der Waals surface area contributed by atoms with Crippen LogP contribution in [0.2, 0.25) is 0 Å². The molecular weight excluding hydrogens is 256 g/mol. The van der Waals surface area contributed by atoms with Crippen molar-refractivity contribution in [3.05, 3.63) is 29.8 Å². The summed E-state index contributed by atoms with van der Waals surface area (Å²) in [5, 5.41) is 7.19. The summed E-state index contributed by atoms with van der Waals surface area (Å²) in [7, 11) is -3.08. The molecule has 0 fully saturated rings. The molecule has 0 heterocycles. The van der Waals surface area contributed by atoms with Crippen LogP contribution in [0.25, 0.3) is 0 Å². The van der Waals surface area contributed by atoms with Crippen molar-refractivity contribution >= 4 is 15.9 Å². The van der Waals surface area contributed by atoms with Gasteiger partial charge in [-0.15, -0.1) is 0 Å². The van der Waals surface area contributed by atoms with Crippen molar-refractivity contribution in [3.63, 3.8) is 0 Å². The van der Waals surface area contributed by atoms with Crippen LogP contribution in [0, 0.1) is 0 Å². The van der Waals surface area contributed by atoms with Crippen molar-refractivity contribution in [1.29, 1.82) is 0 Å². The number of benzene rings is 1. The molecule has 0 aliphatic carbocycles. The lowest BCUT2D eigenvalue weighted by Gasteiger charge is -2.06. The number of amides is 1. The molecule has 102 valence electrons. The van der Waals surface area contributed by atoms with E-state index in [9.17, 15) is 8.42 Å². The van der Waals surface area contributed by atoms with E-state index in [0.29, 0.717) is 4.90 Å². The summed E-state index contributed by atoms with van der Waals surface area (Å²) in [6.45, 7) is 3.50. The second kappa shape index (κ2) is 6.97. The van der Waals surface area contributed by atoms with Crippen LogP contribution in [0.4, 0.5) is 4.79 Å². The molecule has 0 aliphatic rings. The molecule has 18 heavy (non-hydrogen) atoms. The highest BCUT2D eigenvalue weighted by Gasteiger charge is 2.11. The van der Waals surface area contributed by atoms with Gasteiger partial charge in [0, 0.05) is 6.04 Å². The number of sulfone groups is 1. The molecule has 1 aromatic rings. The SMILES string of the molecule is CCS(=O)(=O)c1ccc([C@@H](C)N)cc1.NC(=O)O. The first-order valence-electron chi connectivity index (χ1n) is 5.27. The minimum Gasteiger partial charge on any atom is -0.465 e. The van der Waals surface area contributed by atoms with Crippen LogP contribution >= 0.6 is 0 Å². The summed E-state index contributed by atoms with van der Waals surface area (Å²) in [4.78, 5) is 9.14. The van der Waals surface area contributed by atoms with Crippen LogP contribution in [0.3, 0.4) is 0 Å². The zero-order valence-electron chi connectivity index (χ0n) is 10.3. The minimum atomic E-state index is -3.08. The third-order valence-electron chi connectivity index (χ3n) is 2.15. The van der Waals surface area contributed by atoms with Crippen LogP contribution in [0.1, 0.15) is 25.5 Å². The van der Waals surface area contributed by atoms with E-state index < -0.39 is 15.9 Å². The Morgan fingerprint density at radius 3 is 2.00 bits per heavy atom. The molecule has 0 spiro atoms. The first kappa shape index (κ1) is 16.4. The Hall–Kier alpha value is -1.60. The van der Waals surface area contributed by atoms with Gasteiger partial charge in [-0.3, -0.25) is 0 Å². The monoisotopic (exact) mass is 274 g/mol. The Labute approximate surface area is 107 Å². The van der Waals surface area contributed by atoms with E-state index >= 15 is 0 Å². The third-order valence-corrected chi connectivity index (χ3v) is 3.90. The zero-order valence-corrected chi connectivity index (χ0v) is 11.1. The number of carboxylic acid groups (broad SMARTS) is 1. The molecule has 0 radical (unpaired) electrons. The van der Waals surface area contributed by atoms with Crippen molar-refractivity contribution in [2.75, 3.05) is 5.75 Å². The molecule has 0 aromatic heterocycles. The summed E-state index contributed by atoms with van der Waals surface area (Å²) in [5.41, 5.74) is 10.6. The van der Waals surface area contributed by atoms with Gasteiger partial charge in [-0.1, -0.05) is 19.1 Å². The third kappa shape index (κ3) is 5.65. The van der Waals surface area contributed by atoms with Gasteiger partial charge in [0.2, 0.25) is 0 Å². The van der Waals surface area contributed by atoms with Gasteiger partial charge in [0.15, 0.2) is 9.84 Å². The van der Waals surface area contributed by atoms with Crippen LogP contribution in [0.15, 0.2) is 29.2 Å². The molecule has 1 amide bonds. The van der Waals surface area contributed by atoms with Crippen molar-refractivity contribution < 1.29 is 18.3 Å². The molecular formula is C11H18N2O4S. The molecule has 0 saturated carbocycles. The molecule has 0 bridgehead atoms. The number of nitrogens with two attached hydrogens (primary N) is 2. The summed E-state index contributed by atoms with van der Waals surface area (Å²) >= 11 is 0. The molecule has 7 heteroatoms. The van der Waals surface area contributed by atoms with E-state index in [0.717, 1.165) is 5.56 Å². The van der Waals surface area contributed by atoms with Gasteiger partial charge in [0.05, 0.1) is 10.6 Å². The maximum absolute atomic E-state index is 11.5. The number of carbonyl (C=O) groups is 1.